The maximum Gasteiger partial charge on any atom is 0.266 e. The average Bonchev–Trinajstić information content (AvgIpc) is 3.00. The Morgan fingerprint density at radius 1 is 1.12 bits per heavy atom. The lowest BCUT2D eigenvalue weighted by Crippen LogP contribution is -2.17. The van der Waals surface area contributed by atoms with Crippen LogP contribution in [0.3, 0.4) is 0 Å². The highest BCUT2D eigenvalue weighted by atomic mass is 32.2. The van der Waals surface area contributed by atoms with E-state index in [-0.39, 0.29) is 10.7 Å². The van der Waals surface area contributed by atoms with Crippen LogP contribution < -0.4 is 10.0 Å². The van der Waals surface area contributed by atoms with E-state index in [0.717, 1.165) is 0 Å². The topological polar surface area (TPSA) is 102 Å². The predicted octanol–water partition coefficient (Wildman–Crippen LogP) is 2.23. The third-order valence-corrected chi connectivity index (χ3v) is 4.76. The molecule has 2 aromatic heterocycles. The monoisotopic (exact) mass is 360 g/mol. The zero-order valence-electron chi connectivity index (χ0n) is 14.3. The van der Waals surface area contributed by atoms with E-state index in [2.05, 4.69) is 39.0 Å². The van der Waals surface area contributed by atoms with Crippen LogP contribution in [0.5, 0.6) is 0 Å². The molecule has 3 rings (SSSR count). The van der Waals surface area contributed by atoms with E-state index in [9.17, 15) is 8.42 Å². The van der Waals surface area contributed by atoms with Crippen LogP contribution >= 0.6 is 0 Å². The van der Waals surface area contributed by atoms with E-state index >= 15 is 0 Å². The maximum atomic E-state index is 12.6. The number of nitrogens with zero attached hydrogens (tertiary/aromatic N) is 4. The van der Waals surface area contributed by atoms with Crippen LogP contribution in [-0.4, -0.2) is 34.7 Å². The molecule has 0 spiro atoms. The van der Waals surface area contributed by atoms with Gasteiger partial charge < -0.3 is 5.32 Å². The van der Waals surface area contributed by atoms with Gasteiger partial charge in [-0.15, -0.1) is 0 Å². The Labute approximate surface area is 146 Å². The summed E-state index contributed by atoms with van der Waals surface area (Å²) in [6, 6.07) is 7.32. The van der Waals surface area contributed by atoms with Gasteiger partial charge in [0.25, 0.3) is 10.0 Å². The normalized spacial score (nSPS) is 11.8. The van der Waals surface area contributed by atoms with Gasteiger partial charge in [0.05, 0.1) is 17.2 Å². The van der Waals surface area contributed by atoms with Gasteiger partial charge in [-0.3, -0.25) is 9.40 Å². The molecular formula is C16H20N6O2S. The van der Waals surface area contributed by atoms with Crippen LogP contribution in [-0.2, 0) is 17.1 Å². The molecular weight excluding hydrogens is 340 g/mol. The van der Waals surface area contributed by atoms with E-state index < -0.39 is 10.0 Å². The number of hydrogen-bond acceptors (Lipinski definition) is 6. The van der Waals surface area contributed by atoms with Gasteiger partial charge in [0.15, 0.2) is 11.6 Å². The summed E-state index contributed by atoms with van der Waals surface area (Å²) in [6.07, 6.45) is 2.72. The number of aromatic nitrogens is 4. The molecule has 9 heteroatoms. The van der Waals surface area contributed by atoms with E-state index in [4.69, 9.17) is 0 Å². The summed E-state index contributed by atoms with van der Waals surface area (Å²) in [7, 11) is -2.14. The van der Waals surface area contributed by atoms with E-state index in [1.807, 2.05) is 18.2 Å². The highest BCUT2D eigenvalue weighted by Crippen LogP contribution is 2.24. The Hall–Kier alpha value is -2.68. The van der Waals surface area contributed by atoms with Crippen LogP contribution in [0.4, 0.5) is 11.6 Å². The van der Waals surface area contributed by atoms with Gasteiger partial charge in [-0.25, -0.2) is 18.4 Å². The number of hydrogen-bond donors (Lipinski definition) is 2. The van der Waals surface area contributed by atoms with Crippen molar-refractivity contribution in [3.63, 3.8) is 0 Å². The molecule has 0 saturated carbocycles. The molecule has 1 aromatic carbocycles. The molecule has 132 valence electrons. The third-order valence-electron chi connectivity index (χ3n) is 3.47. The van der Waals surface area contributed by atoms with Gasteiger partial charge in [-0.2, -0.15) is 5.10 Å². The number of benzene rings is 1. The molecule has 0 unspecified atom stereocenters. The minimum atomic E-state index is -3.80. The van der Waals surface area contributed by atoms with Gasteiger partial charge in [0.1, 0.15) is 4.90 Å². The lowest BCUT2D eigenvalue weighted by Gasteiger charge is -2.14. The smallest absolute Gasteiger partial charge is 0.266 e. The molecule has 25 heavy (non-hydrogen) atoms. The van der Waals surface area contributed by atoms with Crippen LogP contribution in [0.15, 0.2) is 41.6 Å². The molecule has 2 N–H and O–H groups in total. The van der Waals surface area contributed by atoms with Crippen LogP contribution in [0, 0.1) is 5.92 Å². The van der Waals surface area contributed by atoms with Gasteiger partial charge in [-0.1, -0.05) is 26.0 Å². The first-order valence-electron chi connectivity index (χ1n) is 7.87. The standard InChI is InChI=1S/C16H20N6O2S/c1-11(2)8-17-15-16(20-14-7-5-4-6-13(14)19-15)21-25(23,24)12-9-18-22(3)10-12/h4-7,9-11H,8H2,1-3H3,(H,17,19)(H,20,21). The Morgan fingerprint density at radius 3 is 2.32 bits per heavy atom. The number of fused-ring (bicyclic) bond motifs is 1. The molecule has 8 nitrogen and oxygen atoms in total. The zero-order chi connectivity index (χ0) is 18.0. The summed E-state index contributed by atoms with van der Waals surface area (Å²) in [6.45, 7) is 4.76. The minimum Gasteiger partial charge on any atom is -0.367 e. The van der Waals surface area contributed by atoms with Gasteiger partial charge >= 0.3 is 0 Å². The summed E-state index contributed by atoms with van der Waals surface area (Å²) < 4.78 is 29.1. The van der Waals surface area contributed by atoms with Gasteiger partial charge in [-0.05, 0) is 18.1 Å². The van der Waals surface area contributed by atoms with Crippen LogP contribution in [0.1, 0.15) is 13.8 Å². The van der Waals surface area contributed by atoms with Crippen molar-refractivity contribution in [2.75, 3.05) is 16.6 Å². The second-order valence-electron chi connectivity index (χ2n) is 6.14. The minimum absolute atomic E-state index is 0.0692. The first-order chi connectivity index (χ1) is 11.8. The Kier molecular flexibility index (Phi) is 4.58. The molecule has 0 aliphatic carbocycles. The second kappa shape index (κ2) is 6.67. The fourth-order valence-electron chi connectivity index (χ4n) is 2.22. The highest BCUT2D eigenvalue weighted by molar-refractivity contribution is 7.92. The summed E-state index contributed by atoms with van der Waals surface area (Å²) >= 11 is 0. The van der Waals surface area contributed by atoms with E-state index in [1.54, 1.807) is 13.1 Å². The van der Waals surface area contributed by atoms with Gasteiger partial charge in [0.2, 0.25) is 0 Å². The van der Waals surface area contributed by atoms with Crippen LogP contribution in [0.2, 0.25) is 0 Å². The summed E-state index contributed by atoms with van der Waals surface area (Å²) in [5.41, 5.74) is 1.31. The third kappa shape index (κ3) is 3.87. The second-order valence-corrected chi connectivity index (χ2v) is 7.82. The van der Waals surface area contributed by atoms with Crippen molar-refractivity contribution in [2.24, 2.45) is 13.0 Å². The summed E-state index contributed by atoms with van der Waals surface area (Å²) in [4.78, 5) is 9.01. The molecule has 0 bridgehead atoms. The highest BCUT2D eigenvalue weighted by Gasteiger charge is 2.20. The number of sulfonamides is 1. The van der Waals surface area contributed by atoms with Gasteiger partial charge in [0, 0.05) is 19.8 Å². The van der Waals surface area contributed by atoms with Crippen molar-refractivity contribution in [1.82, 2.24) is 19.7 Å². The Balaban J connectivity index is 2.02. The number of anilines is 2. The largest absolute Gasteiger partial charge is 0.367 e. The molecule has 0 amide bonds. The van der Waals surface area contributed by atoms with Crippen molar-refractivity contribution in [3.8, 4) is 0 Å². The number of rotatable bonds is 6. The molecule has 0 aliphatic rings. The summed E-state index contributed by atoms with van der Waals surface area (Å²) in [5.74, 6) is 0.944. The lowest BCUT2D eigenvalue weighted by atomic mass is 10.2. The van der Waals surface area contributed by atoms with E-state index in [0.29, 0.717) is 29.3 Å². The Bertz CT molecular complexity index is 997. The first kappa shape index (κ1) is 17.2. The molecule has 0 saturated heterocycles. The molecule has 0 radical (unpaired) electrons. The molecule has 0 fully saturated rings. The van der Waals surface area contributed by atoms with Crippen LogP contribution in [0.25, 0.3) is 11.0 Å². The SMILES string of the molecule is CC(C)CNc1nc2ccccc2nc1NS(=O)(=O)c1cnn(C)c1. The van der Waals surface area contributed by atoms with E-state index in [1.165, 1.54) is 17.1 Å². The van der Waals surface area contributed by atoms with Crippen molar-refractivity contribution >= 4 is 32.7 Å². The maximum absolute atomic E-state index is 12.6. The fourth-order valence-corrected chi connectivity index (χ4v) is 3.21. The lowest BCUT2D eigenvalue weighted by molar-refractivity contribution is 0.601. The number of nitrogens with one attached hydrogen (secondary N) is 2. The number of aryl methyl sites for hydroxylation is 1. The molecule has 0 aliphatic heterocycles. The van der Waals surface area contributed by atoms with Crippen molar-refractivity contribution in [2.45, 2.75) is 18.7 Å². The molecule has 0 atom stereocenters. The summed E-state index contributed by atoms with van der Waals surface area (Å²) in [5, 5.41) is 7.06. The number of para-hydroxylation sites is 2. The average molecular weight is 360 g/mol. The van der Waals surface area contributed by atoms with Crippen molar-refractivity contribution in [3.05, 3.63) is 36.7 Å². The van der Waals surface area contributed by atoms with Crippen molar-refractivity contribution in [1.29, 1.82) is 0 Å². The first-order valence-corrected chi connectivity index (χ1v) is 9.35. The molecule has 3 aromatic rings. The van der Waals surface area contributed by atoms with Crippen molar-refractivity contribution < 1.29 is 8.42 Å². The zero-order valence-corrected chi connectivity index (χ0v) is 15.1. The predicted molar refractivity (Wildman–Crippen MR) is 96.9 cm³/mol. The Morgan fingerprint density at radius 2 is 1.76 bits per heavy atom. The molecule has 2 heterocycles. The fraction of sp³-hybridized carbons (Fsp3) is 0.312. The quantitative estimate of drug-likeness (QED) is 0.699.